The summed E-state index contributed by atoms with van der Waals surface area (Å²) in [6, 6.07) is 3.68. The van der Waals surface area contributed by atoms with E-state index in [1.807, 2.05) is 46.4 Å². The molecule has 3 rings (SSSR count). The minimum absolute atomic E-state index is 0. The molecule has 0 saturated heterocycles. The van der Waals surface area contributed by atoms with Crippen LogP contribution >= 0.6 is 23.7 Å². The van der Waals surface area contributed by atoms with E-state index in [0.717, 1.165) is 23.2 Å². The lowest BCUT2D eigenvalue weighted by Gasteiger charge is -2.20. The molecule has 0 aliphatic carbocycles. The van der Waals surface area contributed by atoms with Crippen molar-refractivity contribution in [1.82, 2.24) is 19.7 Å². The summed E-state index contributed by atoms with van der Waals surface area (Å²) >= 11 is 1.42. The maximum Gasteiger partial charge on any atom is 0.280 e. The van der Waals surface area contributed by atoms with Gasteiger partial charge in [-0.25, -0.2) is 4.98 Å². The minimum Gasteiger partial charge on any atom is -0.495 e. The van der Waals surface area contributed by atoms with Crippen molar-refractivity contribution >= 4 is 45.0 Å². The van der Waals surface area contributed by atoms with Crippen LogP contribution in [0, 0.1) is 6.92 Å². The van der Waals surface area contributed by atoms with Crippen molar-refractivity contribution in [3.63, 3.8) is 0 Å². The molecule has 2 aromatic heterocycles. The van der Waals surface area contributed by atoms with Gasteiger partial charge in [0.2, 0.25) is 0 Å². The SMILES string of the molecule is COc1ccc(OC)c2sc(N(CCCN(C)C)C(=O)c3nn(C)cc3C)nc12.Cl. The zero-order valence-electron chi connectivity index (χ0n) is 18.1. The fourth-order valence-electron chi connectivity index (χ4n) is 3.17. The van der Waals surface area contributed by atoms with Crippen molar-refractivity contribution < 1.29 is 14.3 Å². The Balaban J connectivity index is 0.00000320. The predicted octanol–water partition coefficient (Wildman–Crippen LogP) is 3.38. The molecule has 1 amide bonds. The normalized spacial score (nSPS) is 10.9. The number of aryl methyl sites for hydroxylation is 2. The van der Waals surface area contributed by atoms with E-state index in [2.05, 4.69) is 10.00 Å². The molecule has 164 valence electrons. The Labute approximate surface area is 186 Å². The summed E-state index contributed by atoms with van der Waals surface area (Å²) in [4.78, 5) is 21.9. The number of halogens is 1. The minimum atomic E-state index is -0.154. The Morgan fingerprint density at radius 3 is 2.40 bits per heavy atom. The van der Waals surface area contributed by atoms with E-state index in [1.165, 1.54) is 11.3 Å². The van der Waals surface area contributed by atoms with Crippen LogP contribution in [0.5, 0.6) is 11.5 Å². The number of ether oxygens (including phenoxy) is 2. The zero-order chi connectivity index (χ0) is 21.1. The van der Waals surface area contributed by atoms with E-state index < -0.39 is 0 Å². The zero-order valence-corrected chi connectivity index (χ0v) is 19.8. The van der Waals surface area contributed by atoms with E-state index in [9.17, 15) is 4.79 Å². The number of benzene rings is 1. The van der Waals surface area contributed by atoms with E-state index >= 15 is 0 Å². The monoisotopic (exact) mass is 453 g/mol. The van der Waals surface area contributed by atoms with E-state index in [0.29, 0.717) is 34.4 Å². The van der Waals surface area contributed by atoms with Crippen LogP contribution in [0.3, 0.4) is 0 Å². The molecule has 3 aromatic rings. The standard InChI is InChI=1S/C20H27N5O3S.ClH/c1-13-12-24(4)22-16(13)19(26)25(11-7-10-23(2)3)20-21-17-14(27-5)8-9-15(28-6)18(17)29-20;/h8-9,12H,7,10-11H2,1-6H3;1H. The van der Waals surface area contributed by atoms with Gasteiger partial charge in [-0.1, -0.05) is 11.3 Å². The summed E-state index contributed by atoms with van der Waals surface area (Å²) in [6.45, 7) is 3.29. The van der Waals surface area contributed by atoms with Crippen molar-refractivity contribution in [2.24, 2.45) is 7.05 Å². The summed E-state index contributed by atoms with van der Waals surface area (Å²) in [7, 11) is 9.08. The van der Waals surface area contributed by atoms with E-state index in [4.69, 9.17) is 14.5 Å². The smallest absolute Gasteiger partial charge is 0.280 e. The van der Waals surface area contributed by atoms with Gasteiger partial charge in [-0.3, -0.25) is 14.4 Å². The number of hydrogen-bond donors (Lipinski definition) is 0. The lowest BCUT2D eigenvalue weighted by Crippen LogP contribution is -2.34. The molecule has 0 fully saturated rings. The highest BCUT2D eigenvalue weighted by atomic mass is 35.5. The van der Waals surface area contributed by atoms with Gasteiger partial charge >= 0.3 is 0 Å². The molecule has 0 spiro atoms. The molecule has 0 aliphatic heterocycles. The summed E-state index contributed by atoms with van der Waals surface area (Å²) in [5.41, 5.74) is 1.97. The molecule has 0 aliphatic rings. The molecule has 8 nitrogen and oxygen atoms in total. The molecule has 0 bridgehead atoms. The van der Waals surface area contributed by atoms with Crippen LogP contribution in [0.4, 0.5) is 5.13 Å². The predicted molar refractivity (Wildman–Crippen MR) is 123 cm³/mol. The van der Waals surface area contributed by atoms with E-state index in [1.54, 1.807) is 23.8 Å². The highest BCUT2D eigenvalue weighted by Crippen LogP contribution is 2.40. The molecule has 1 aromatic carbocycles. The summed E-state index contributed by atoms with van der Waals surface area (Å²) in [6.07, 6.45) is 2.66. The molecule has 0 N–H and O–H groups in total. The second-order valence-electron chi connectivity index (χ2n) is 7.09. The molecule has 0 atom stereocenters. The number of fused-ring (bicyclic) bond motifs is 1. The molecular weight excluding hydrogens is 426 g/mol. The maximum atomic E-state index is 13.4. The van der Waals surface area contributed by atoms with Crippen molar-refractivity contribution in [2.75, 3.05) is 46.3 Å². The quantitative estimate of drug-likeness (QED) is 0.520. The second-order valence-corrected chi connectivity index (χ2v) is 8.07. The van der Waals surface area contributed by atoms with Gasteiger partial charge in [0, 0.05) is 25.4 Å². The lowest BCUT2D eigenvalue weighted by atomic mass is 10.2. The van der Waals surface area contributed by atoms with Crippen LogP contribution in [0.1, 0.15) is 22.5 Å². The number of anilines is 1. The Morgan fingerprint density at radius 2 is 1.83 bits per heavy atom. The Bertz CT molecular complexity index is 976. The van der Waals surface area contributed by atoms with Crippen LogP contribution in [-0.4, -0.2) is 67.0 Å². The first-order valence-corrected chi connectivity index (χ1v) is 10.2. The second kappa shape index (κ2) is 10.1. The number of rotatable bonds is 8. The third-order valence-corrected chi connectivity index (χ3v) is 5.67. The molecule has 0 radical (unpaired) electrons. The average molecular weight is 454 g/mol. The number of methoxy groups -OCH3 is 2. The average Bonchev–Trinajstić information content (AvgIpc) is 3.26. The number of thiazole rings is 1. The number of amides is 1. The van der Waals surface area contributed by atoms with Crippen LogP contribution in [0.15, 0.2) is 18.3 Å². The molecular formula is C20H28ClN5O3S. The largest absolute Gasteiger partial charge is 0.495 e. The molecule has 10 heteroatoms. The van der Waals surface area contributed by atoms with Gasteiger partial charge in [0.15, 0.2) is 10.8 Å². The van der Waals surface area contributed by atoms with Crippen LogP contribution < -0.4 is 14.4 Å². The van der Waals surface area contributed by atoms with Gasteiger partial charge in [0.25, 0.3) is 5.91 Å². The van der Waals surface area contributed by atoms with Crippen molar-refractivity contribution in [3.8, 4) is 11.5 Å². The number of carbonyl (C=O) groups excluding carboxylic acids is 1. The first-order valence-electron chi connectivity index (χ1n) is 9.34. The fraction of sp³-hybridized carbons (Fsp3) is 0.450. The lowest BCUT2D eigenvalue weighted by molar-refractivity contribution is 0.0980. The van der Waals surface area contributed by atoms with Gasteiger partial charge in [-0.2, -0.15) is 5.10 Å². The van der Waals surface area contributed by atoms with Crippen LogP contribution in [0.2, 0.25) is 0 Å². The van der Waals surface area contributed by atoms with Crippen molar-refractivity contribution in [1.29, 1.82) is 0 Å². The summed E-state index contributed by atoms with van der Waals surface area (Å²) in [5, 5.41) is 4.97. The molecule has 0 saturated carbocycles. The van der Waals surface area contributed by atoms with Gasteiger partial charge < -0.3 is 14.4 Å². The van der Waals surface area contributed by atoms with Gasteiger partial charge in [0.05, 0.1) is 14.2 Å². The third-order valence-electron chi connectivity index (χ3n) is 4.58. The van der Waals surface area contributed by atoms with E-state index in [-0.39, 0.29) is 18.3 Å². The Hall–Kier alpha value is -2.36. The summed E-state index contributed by atoms with van der Waals surface area (Å²) in [5.74, 6) is 1.20. The van der Waals surface area contributed by atoms with Crippen LogP contribution in [-0.2, 0) is 7.05 Å². The number of carbonyl (C=O) groups is 1. The third kappa shape index (κ3) is 4.85. The highest BCUT2D eigenvalue weighted by Gasteiger charge is 2.26. The van der Waals surface area contributed by atoms with Crippen molar-refractivity contribution in [3.05, 3.63) is 29.6 Å². The molecule has 2 heterocycles. The van der Waals surface area contributed by atoms with Crippen molar-refractivity contribution in [2.45, 2.75) is 13.3 Å². The van der Waals surface area contributed by atoms with Gasteiger partial charge in [0.1, 0.15) is 21.7 Å². The molecule has 0 unspecified atom stereocenters. The first-order chi connectivity index (χ1) is 13.8. The van der Waals surface area contributed by atoms with Crippen LogP contribution in [0.25, 0.3) is 10.2 Å². The highest BCUT2D eigenvalue weighted by molar-refractivity contribution is 7.22. The number of hydrogen-bond acceptors (Lipinski definition) is 7. The molecule has 30 heavy (non-hydrogen) atoms. The first kappa shape index (κ1) is 23.9. The topological polar surface area (TPSA) is 72.7 Å². The number of nitrogens with zero attached hydrogens (tertiary/aromatic N) is 5. The van der Waals surface area contributed by atoms with Gasteiger partial charge in [-0.15, -0.1) is 12.4 Å². The maximum absolute atomic E-state index is 13.4. The fourth-order valence-corrected chi connectivity index (χ4v) is 4.26. The number of aromatic nitrogens is 3. The Morgan fingerprint density at radius 1 is 1.17 bits per heavy atom. The summed E-state index contributed by atoms with van der Waals surface area (Å²) < 4.78 is 13.5. The Kier molecular flexibility index (Phi) is 8.05. The van der Waals surface area contributed by atoms with Gasteiger partial charge in [-0.05, 0) is 46.1 Å².